The molecule has 1 aliphatic heterocycles. The quantitative estimate of drug-likeness (QED) is 0.878. The number of hydrogen-bond acceptors (Lipinski definition) is 6. The van der Waals surface area contributed by atoms with Crippen molar-refractivity contribution in [3.8, 4) is 10.6 Å². The molecule has 1 atom stereocenters. The minimum absolute atomic E-state index is 0.0398. The summed E-state index contributed by atoms with van der Waals surface area (Å²) in [5.41, 5.74) is 1.75. The van der Waals surface area contributed by atoms with E-state index in [4.69, 9.17) is 0 Å². The highest BCUT2D eigenvalue weighted by molar-refractivity contribution is 8.02. The molecule has 2 heterocycles. The number of rotatable bonds is 5. The predicted molar refractivity (Wildman–Crippen MR) is 95.7 cm³/mol. The molecule has 8 heteroatoms. The third-order valence-electron chi connectivity index (χ3n) is 3.49. The first-order valence-electron chi connectivity index (χ1n) is 7.14. The standard InChI is InChI=1S/C15H16N2O3S3/c18-14(9-22-13-5-8-23(19,20)10-13)17-12-3-1-11(2-4-12)15-16-6-7-21-15/h1-4,6-7,13H,5,8-10H2,(H,17,18)/t13-/m0/s1. The van der Waals surface area contributed by atoms with Gasteiger partial charge < -0.3 is 5.32 Å². The van der Waals surface area contributed by atoms with E-state index >= 15 is 0 Å². The van der Waals surface area contributed by atoms with E-state index in [1.54, 1.807) is 17.5 Å². The molecule has 1 fully saturated rings. The number of nitrogens with one attached hydrogen (secondary N) is 1. The minimum Gasteiger partial charge on any atom is -0.325 e. The fourth-order valence-electron chi connectivity index (χ4n) is 2.35. The van der Waals surface area contributed by atoms with Crippen LogP contribution in [0.15, 0.2) is 35.8 Å². The van der Waals surface area contributed by atoms with E-state index in [-0.39, 0.29) is 28.4 Å². The van der Waals surface area contributed by atoms with Crippen LogP contribution < -0.4 is 5.32 Å². The van der Waals surface area contributed by atoms with E-state index in [1.165, 1.54) is 11.8 Å². The minimum atomic E-state index is -2.89. The maximum absolute atomic E-state index is 12.0. The normalized spacial score (nSPS) is 19.6. The molecular weight excluding hydrogens is 352 g/mol. The van der Waals surface area contributed by atoms with Crippen molar-refractivity contribution in [2.24, 2.45) is 0 Å². The molecule has 0 radical (unpaired) electrons. The summed E-state index contributed by atoms with van der Waals surface area (Å²) >= 11 is 2.98. The molecule has 0 spiro atoms. The summed E-state index contributed by atoms with van der Waals surface area (Å²) in [7, 11) is -2.89. The second kappa shape index (κ2) is 7.02. The molecule has 1 N–H and O–H groups in total. The number of amides is 1. The average Bonchev–Trinajstić information content (AvgIpc) is 3.15. The fraction of sp³-hybridized carbons (Fsp3) is 0.333. The maximum atomic E-state index is 12.0. The summed E-state index contributed by atoms with van der Waals surface area (Å²) in [6, 6.07) is 7.54. The molecule has 23 heavy (non-hydrogen) atoms. The zero-order valence-electron chi connectivity index (χ0n) is 12.3. The number of thioether (sulfide) groups is 1. The number of carbonyl (C=O) groups is 1. The topological polar surface area (TPSA) is 76.1 Å². The SMILES string of the molecule is O=C(CS[C@H]1CCS(=O)(=O)C1)Nc1ccc(-c2nccs2)cc1. The number of thiazole rings is 1. The van der Waals surface area contributed by atoms with Crippen molar-refractivity contribution in [1.82, 2.24) is 4.98 Å². The second-order valence-electron chi connectivity index (χ2n) is 5.30. The Bertz CT molecular complexity index is 771. The molecule has 5 nitrogen and oxygen atoms in total. The van der Waals surface area contributed by atoms with Crippen LogP contribution in [-0.4, -0.2) is 41.8 Å². The van der Waals surface area contributed by atoms with Crippen LogP contribution in [0.2, 0.25) is 0 Å². The van der Waals surface area contributed by atoms with Crippen LogP contribution in [0.5, 0.6) is 0 Å². The van der Waals surface area contributed by atoms with Gasteiger partial charge in [-0.15, -0.1) is 23.1 Å². The number of hydrogen-bond donors (Lipinski definition) is 1. The third kappa shape index (κ3) is 4.55. The molecule has 2 aromatic rings. The Morgan fingerprint density at radius 3 is 2.74 bits per heavy atom. The molecule has 0 saturated carbocycles. The van der Waals surface area contributed by atoms with Crippen LogP contribution in [0.25, 0.3) is 10.6 Å². The lowest BCUT2D eigenvalue weighted by molar-refractivity contribution is -0.113. The molecule has 1 aromatic carbocycles. The van der Waals surface area contributed by atoms with E-state index in [0.717, 1.165) is 16.3 Å². The lowest BCUT2D eigenvalue weighted by atomic mass is 10.2. The van der Waals surface area contributed by atoms with Gasteiger partial charge in [0.15, 0.2) is 9.84 Å². The lowest BCUT2D eigenvalue weighted by Crippen LogP contribution is -2.17. The van der Waals surface area contributed by atoms with E-state index in [9.17, 15) is 13.2 Å². The molecule has 3 rings (SSSR count). The van der Waals surface area contributed by atoms with Crippen molar-refractivity contribution in [2.75, 3.05) is 22.6 Å². The Kier molecular flexibility index (Phi) is 5.03. The van der Waals surface area contributed by atoms with E-state index in [1.807, 2.05) is 29.6 Å². The summed E-state index contributed by atoms with van der Waals surface area (Å²) in [5, 5.41) is 5.74. The molecule has 0 unspecified atom stereocenters. The van der Waals surface area contributed by atoms with Gasteiger partial charge in [0.25, 0.3) is 0 Å². The van der Waals surface area contributed by atoms with Gasteiger partial charge in [0.2, 0.25) is 5.91 Å². The van der Waals surface area contributed by atoms with Crippen LogP contribution in [0.3, 0.4) is 0 Å². The Hall–Kier alpha value is -1.38. The largest absolute Gasteiger partial charge is 0.325 e. The third-order valence-corrected chi connectivity index (χ3v) is 7.59. The first-order chi connectivity index (χ1) is 11.0. The number of nitrogens with zero attached hydrogens (tertiary/aromatic N) is 1. The van der Waals surface area contributed by atoms with Crippen LogP contribution in [0.4, 0.5) is 5.69 Å². The highest BCUT2D eigenvalue weighted by atomic mass is 32.2. The van der Waals surface area contributed by atoms with Gasteiger partial charge in [0, 0.05) is 28.1 Å². The summed E-state index contributed by atoms with van der Waals surface area (Å²) in [6.45, 7) is 0. The lowest BCUT2D eigenvalue weighted by Gasteiger charge is -2.08. The highest BCUT2D eigenvalue weighted by Crippen LogP contribution is 2.25. The van der Waals surface area contributed by atoms with Gasteiger partial charge in [-0.3, -0.25) is 4.79 Å². The smallest absolute Gasteiger partial charge is 0.234 e. The predicted octanol–water partition coefficient (Wildman–Crippen LogP) is 2.67. The average molecular weight is 369 g/mol. The van der Waals surface area contributed by atoms with Gasteiger partial charge >= 0.3 is 0 Å². The molecule has 1 amide bonds. The van der Waals surface area contributed by atoms with Gasteiger partial charge in [-0.1, -0.05) is 0 Å². The highest BCUT2D eigenvalue weighted by Gasteiger charge is 2.28. The monoisotopic (exact) mass is 368 g/mol. The number of aromatic nitrogens is 1. The van der Waals surface area contributed by atoms with Gasteiger partial charge in [-0.25, -0.2) is 13.4 Å². The summed E-state index contributed by atoms with van der Waals surface area (Å²) in [6.07, 6.45) is 2.40. The van der Waals surface area contributed by atoms with E-state index < -0.39 is 9.84 Å². The van der Waals surface area contributed by atoms with E-state index in [2.05, 4.69) is 10.3 Å². The van der Waals surface area contributed by atoms with Crippen LogP contribution in [0.1, 0.15) is 6.42 Å². The summed E-state index contributed by atoms with van der Waals surface area (Å²) < 4.78 is 22.8. The molecule has 0 aliphatic carbocycles. The number of carbonyl (C=O) groups excluding carboxylic acids is 1. The Balaban J connectivity index is 1.50. The Morgan fingerprint density at radius 2 is 2.13 bits per heavy atom. The maximum Gasteiger partial charge on any atom is 0.234 e. The molecule has 0 bridgehead atoms. The Labute approximate surface area is 143 Å². The first kappa shape index (κ1) is 16.5. The summed E-state index contributed by atoms with van der Waals surface area (Å²) in [5.74, 6) is 0.591. The number of anilines is 1. The van der Waals surface area contributed by atoms with Crippen molar-refractivity contribution >= 4 is 44.5 Å². The molecule has 1 aromatic heterocycles. The van der Waals surface area contributed by atoms with Crippen molar-refractivity contribution in [2.45, 2.75) is 11.7 Å². The van der Waals surface area contributed by atoms with Crippen LogP contribution in [0, 0.1) is 0 Å². The zero-order valence-corrected chi connectivity index (χ0v) is 14.7. The van der Waals surface area contributed by atoms with Gasteiger partial charge in [-0.2, -0.15) is 0 Å². The van der Waals surface area contributed by atoms with Crippen molar-refractivity contribution in [3.05, 3.63) is 35.8 Å². The first-order valence-corrected chi connectivity index (χ1v) is 10.9. The zero-order chi connectivity index (χ0) is 16.3. The fourth-order valence-corrected chi connectivity index (χ4v) is 6.43. The molecular formula is C15H16N2O3S3. The van der Waals surface area contributed by atoms with Gasteiger partial charge in [-0.05, 0) is 30.7 Å². The summed E-state index contributed by atoms with van der Waals surface area (Å²) in [4.78, 5) is 16.2. The van der Waals surface area contributed by atoms with Crippen LogP contribution in [-0.2, 0) is 14.6 Å². The van der Waals surface area contributed by atoms with Gasteiger partial charge in [0.1, 0.15) is 5.01 Å². The van der Waals surface area contributed by atoms with Gasteiger partial charge in [0.05, 0.1) is 17.3 Å². The molecule has 1 aliphatic rings. The number of benzene rings is 1. The van der Waals surface area contributed by atoms with Crippen molar-refractivity contribution < 1.29 is 13.2 Å². The van der Waals surface area contributed by atoms with Crippen LogP contribution >= 0.6 is 23.1 Å². The van der Waals surface area contributed by atoms with E-state index in [0.29, 0.717) is 6.42 Å². The Morgan fingerprint density at radius 1 is 1.35 bits per heavy atom. The molecule has 1 saturated heterocycles. The molecule has 122 valence electrons. The van der Waals surface area contributed by atoms with Crippen molar-refractivity contribution in [3.63, 3.8) is 0 Å². The number of sulfone groups is 1. The van der Waals surface area contributed by atoms with Crippen molar-refractivity contribution in [1.29, 1.82) is 0 Å². The second-order valence-corrected chi connectivity index (χ2v) is 9.71.